The van der Waals surface area contributed by atoms with E-state index in [1.54, 1.807) is 0 Å². The van der Waals surface area contributed by atoms with E-state index in [0.29, 0.717) is 0 Å². The molecule has 128 valence electrons. The van der Waals surface area contributed by atoms with Gasteiger partial charge in [-0.1, -0.05) is 114 Å². The van der Waals surface area contributed by atoms with Crippen LogP contribution in [0.4, 0.5) is 0 Å². The van der Waals surface area contributed by atoms with Gasteiger partial charge in [-0.05, 0) is 53.1 Å². The fraction of sp³-hybridized carbons (Fsp3) is 0.0526. The zero-order valence-corrected chi connectivity index (χ0v) is 22.1. The van der Waals surface area contributed by atoms with Crippen molar-refractivity contribution in [2.24, 2.45) is 0 Å². The van der Waals surface area contributed by atoms with Crippen LogP contribution in [0.3, 0.4) is 0 Å². The summed E-state index contributed by atoms with van der Waals surface area (Å²) in [6.45, 7) is 0. The third-order valence-corrected chi connectivity index (χ3v) is 8.01. The first kappa shape index (κ1) is 20.3. The Morgan fingerprint density at radius 3 is 0.800 bits per heavy atom. The molecule has 0 aromatic heterocycles. The summed E-state index contributed by atoms with van der Waals surface area (Å²) in [6.07, 6.45) is 0. The maximum atomic E-state index is 3.75. The number of halogens is 6. The fourth-order valence-electron chi connectivity index (χ4n) is 2.79. The average Bonchev–Trinajstić information content (AvgIpc) is 2.53. The highest BCUT2D eigenvalue weighted by Gasteiger charge is 2.28. The van der Waals surface area contributed by atoms with Gasteiger partial charge < -0.3 is 0 Å². The Hall–Kier alpha value is 0.540. The molecule has 0 aliphatic carbocycles. The molecule has 0 N–H and O–H groups in total. The maximum absolute atomic E-state index is 3.75. The third kappa shape index (κ3) is 4.19. The summed E-state index contributed by atoms with van der Waals surface area (Å²) in [7, 11) is 0. The van der Waals surface area contributed by atoms with Gasteiger partial charge in [0.25, 0.3) is 0 Å². The monoisotopic (exact) mass is 712 g/mol. The lowest BCUT2D eigenvalue weighted by molar-refractivity contribution is 0.935. The van der Waals surface area contributed by atoms with E-state index in [9.17, 15) is 0 Å². The molecule has 0 heterocycles. The minimum Gasteiger partial charge on any atom is -0.0600 e. The van der Waals surface area contributed by atoms with Crippen LogP contribution in [-0.2, 0) is 0 Å². The average molecular weight is 718 g/mol. The fourth-order valence-corrected chi connectivity index (χ4v) is 7.16. The zero-order chi connectivity index (χ0) is 18.1. The predicted molar refractivity (Wildman–Crippen MR) is 126 cm³/mol. The Kier molecular flexibility index (Phi) is 7.06. The van der Waals surface area contributed by atoms with Crippen LogP contribution >= 0.6 is 95.6 Å². The summed E-state index contributed by atoms with van der Waals surface area (Å²) >= 11 is 22.5. The first-order chi connectivity index (χ1) is 11.9. The molecule has 0 saturated heterocycles. The van der Waals surface area contributed by atoms with E-state index in [4.69, 9.17) is 0 Å². The predicted octanol–water partition coefficient (Wildman–Crippen LogP) is 9.44. The molecule has 0 aliphatic rings. The van der Waals surface area contributed by atoms with Crippen LogP contribution in [0, 0.1) is 0 Å². The highest BCUT2D eigenvalue weighted by atomic mass is 79.9. The van der Waals surface area contributed by atoms with Gasteiger partial charge in [-0.15, -0.1) is 0 Å². The third-order valence-electron chi connectivity index (χ3n) is 3.87. The summed E-state index contributed by atoms with van der Waals surface area (Å²) in [5.41, 5.74) is 3.51. The topological polar surface area (TPSA) is 0 Å². The van der Waals surface area contributed by atoms with Gasteiger partial charge in [0.1, 0.15) is 0 Å². The van der Waals surface area contributed by atoms with Crippen molar-refractivity contribution in [2.75, 3.05) is 0 Å². The SMILES string of the molecule is Brc1cccc(Br)c1C(c1c(Br)cccc1Br)c1c(Br)cccc1Br. The van der Waals surface area contributed by atoms with E-state index in [-0.39, 0.29) is 5.92 Å². The summed E-state index contributed by atoms with van der Waals surface area (Å²) in [5.74, 6) is -0.000139. The Balaban J connectivity index is 2.42. The van der Waals surface area contributed by atoms with Crippen LogP contribution in [0.5, 0.6) is 0 Å². The molecule has 3 aromatic carbocycles. The molecular weight excluding hydrogens is 708 g/mol. The van der Waals surface area contributed by atoms with Gasteiger partial charge in [0, 0.05) is 32.8 Å². The second-order valence-corrected chi connectivity index (χ2v) is 10.5. The minimum atomic E-state index is -0.000139. The van der Waals surface area contributed by atoms with Crippen LogP contribution in [0.25, 0.3) is 0 Å². The molecular formula is C19H10Br6. The van der Waals surface area contributed by atoms with Crippen LogP contribution in [0.2, 0.25) is 0 Å². The van der Waals surface area contributed by atoms with Crippen molar-refractivity contribution in [3.05, 3.63) is 98.1 Å². The van der Waals surface area contributed by atoms with E-state index in [0.717, 1.165) is 26.8 Å². The molecule has 0 saturated carbocycles. The molecule has 0 nitrogen and oxygen atoms in total. The Labute approximate surface area is 197 Å². The van der Waals surface area contributed by atoms with Crippen molar-refractivity contribution in [1.29, 1.82) is 0 Å². The van der Waals surface area contributed by atoms with E-state index < -0.39 is 0 Å². The molecule has 3 rings (SSSR count). The van der Waals surface area contributed by atoms with E-state index in [2.05, 4.69) is 132 Å². The minimum absolute atomic E-state index is 0.000139. The van der Waals surface area contributed by atoms with Crippen LogP contribution < -0.4 is 0 Å². The molecule has 0 unspecified atom stereocenters. The van der Waals surface area contributed by atoms with Crippen LogP contribution in [0.1, 0.15) is 22.6 Å². The molecule has 0 radical (unpaired) electrons. The standard InChI is InChI=1S/C19H10Br6/c20-10-4-1-5-11(21)16(10)19(17-12(22)6-2-7-13(17)23)18-14(24)8-3-9-15(18)25/h1-9,19H. The van der Waals surface area contributed by atoms with Gasteiger partial charge in [0.2, 0.25) is 0 Å². The van der Waals surface area contributed by atoms with Gasteiger partial charge in [-0.3, -0.25) is 0 Å². The van der Waals surface area contributed by atoms with Crippen molar-refractivity contribution < 1.29 is 0 Å². The highest BCUT2D eigenvalue weighted by molar-refractivity contribution is 9.11. The van der Waals surface area contributed by atoms with E-state index in [1.165, 1.54) is 16.7 Å². The van der Waals surface area contributed by atoms with Crippen molar-refractivity contribution in [3.8, 4) is 0 Å². The molecule has 0 fully saturated rings. The maximum Gasteiger partial charge on any atom is 0.0407 e. The highest BCUT2D eigenvalue weighted by Crippen LogP contribution is 2.48. The Bertz CT molecular complexity index is 752. The summed E-state index contributed by atoms with van der Waals surface area (Å²) in [4.78, 5) is 0. The van der Waals surface area contributed by atoms with Crippen molar-refractivity contribution in [1.82, 2.24) is 0 Å². The number of rotatable bonds is 3. The molecule has 25 heavy (non-hydrogen) atoms. The summed E-state index contributed by atoms with van der Waals surface area (Å²) < 4.78 is 6.32. The van der Waals surface area contributed by atoms with Gasteiger partial charge in [-0.2, -0.15) is 0 Å². The Morgan fingerprint density at radius 2 is 0.600 bits per heavy atom. The van der Waals surface area contributed by atoms with Gasteiger partial charge in [0.15, 0.2) is 0 Å². The second kappa shape index (κ2) is 8.70. The molecule has 6 heteroatoms. The molecule has 0 atom stereocenters. The van der Waals surface area contributed by atoms with E-state index in [1.807, 2.05) is 18.2 Å². The molecule has 0 amide bonds. The number of hydrogen-bond donors (Lipinski definition) is 0. The first-order valence-electron chi connectivity index (χ1n) is 7.23. The van der Waals surface area contributed by atoms with Gasteiger partial charge >= 0.3 is 0 Å². The lowest BCUT2D eigenvalue weighted by atomic mass is 9.85. The molecule has 0 bridgehead atoms. The molecule has 3 aromatic rings. The lowest BCUT2D eigenvalue weighted by Gasteiger charge is -2.26. The first-order valence-corrected chi connectivity index (χ1v) is 12.0. The lowest BCUT2D eigenvalue weighted by Crippen LogP contribution is -2.09. The summed E-state index contributed by atoms with van der Waals surface area (Å²) in [5, 5.41) is 0. The van der Waals surface area contributed by atoms with Crippen molar-refractivity contribution in [3.63, 3.8) is 0 Å². The normalized spacial score (nSPS) is 11.2. The number of hydrogen-bond acceptors (Lipinski definition) is 0. The van der Waals surface area contributed by atoms with Crippen molar-refractivity contribution in [2.45, 2.75) is 5.92 Å². The van der Waals surface area contributed by atoms with Gasteiger partial charge in [-0.25, -0.2) is 0 Å². The Morgan fingerprint density at radius 1 is 0.400 bits per heavy atom. The quantitative estimate of drug-likeness (QED) is 0.237. The van der Waals surface area contributed by atoms with E-state index >= 15 is 0 Å². The zero-order valence-electron chi connectivity index (χ0n) is 12.5. The molecule has 0 spiro atoms. The van der Waals surface area contributed by atoms with Crippen molar-refractivity contribution >= 4 is 95.6 Å². The number of benzene rings is 3. The smallest absolute Gasteiger partial charge is 0.0407 e. The summed E-state index contributed by atoms with van der Waals surface area (Å²) in [6, 6.07) is 18.5. The van der Waals surface area contributed by atoms with Crippen LogP contribution in [-0.4, -0.2) is 0 Å². The van der Waals surface area contributed by atoms with Gasteiger partial charge in [0.05, 0.1) is 0 Å². The largest absolute Gasteiger partial charge is 0.0600 e. The molecule has 0 aliphatic heterocycles. The van der Waals surface area contributed by atoms with Crippen LogP contribution in [0.15, 0.2) is 81.4 Å². The second-order valence-electron chi connectivity index (χ2n) is 5.34.